The number of nitrogens with zero attached hydrogens (tertiary/aromatic N) is 7. The lowest BCUT2D eigenvalue weighted by molar-refractivity contribution is -0.153. The van der Waals surface area contributed by atoms with Crippen molar-refractivity contribution in [3.05, 3.63) is 167 Å². The van der Waals surface area contributed by atoms with Crippen LogP contribution in [-0.4, -0.2) is 89.8 Å². The molecule has 2 saturated heterocycles. The van der Waals surface area contributed by atoms with Crippen molar-refractivity contribution in [3.8, 4) is 28.5 Å². The number of rotatable bonds is 14. The molecule has 3 aliphatic rings. The summed E-state index contributed by atoms with van der Waals surface area (Å²) in [5.41, 5.74) is 12.9. The highest BCUT2D eigenvalue weighted by atomic mass is 35.5. The highest BCUT2D eigenvalue weighted by Gasteiger charge is 2.43. The Kier molecular flexibility index (Phi) is 13.6. The lowest BCUT2D eigenvalue weighted by atomic mass is 10.0. The molecule has 370 valence electrons. The van der Waals surface area contributed by atoms with Gasteiger partial charge in [0.25, 0.3) is 17.7 Å². The number of para-hydroxylation sites is 1. The number of fused-ring (bicyclic) bond motifs is 2. The number of piperidine rings is 2. The maximum absolute atomic E-state index is 13.9. The summed E-state index contributed by atoms with van der Waals surface area (Å²) in [5.74, 6) is 0.895. The molecule has 2 unspecified atom stereocenters. The summed E-state index contributed by atoms with van der Waals surface area (Å²) in [4.78, 5) is 80.5. The van der Waals surface area contributed by atoms with Crippen LogP contribution >= 0.6 is 11.6 Å². The number of anilines is 2. The van der Waals surface area contributed by atoms with Crippen molar-refractivity contribution in [1.29, 1.82) is 0 Å². The fourth-order valence-electron chi connectivity index (χ4n) is 9.49. The number of nitrogens with two attached hydrogens (primary N) is 1. The van der Waals surface area contributed by atoms with Gasteiger partial charge in [0.1, 0.15) is 47.7 Å². The molecule has 73 heavy (non-hydrogen) atoms. The van der Waals surface area contributed by atoms with E-state index in [0.717, 1.165) is 40.8 Å². The number of nitrogens with one attached hydrogen (secondary N) is 2. The van der Waals surface area contributed by atoms with Crippen LogP contribution in [0.1, 0.15) is 64.3 Å². The van der Waals surface area contributed by atoms with Gasteiger partial charge in [-0.25, -0.2) is 19.4 Å². The van der Waals surface area contributed by atoms with Crippen LogP contribution in [0.2, 0.25) is 5.02 Å². The number of halogens is 1. The molecule has 18 heteroatoms. The number of benzene rings is 5. The molecular formula is C55H51ClN10O7. The van der Waals surface area contributed by atoms with Crippen LogP contribution in [0.4, 0.5) is 16.3 Å². The first kappa shape index (κ1) is 48.1. The largest absolute Gasteiger partial charge is 0.489 e. The van der Waals surface area contributed by atoms with Gasteiger partial charge in [0.2, 0.25) is 5.91 Å². The zero-order chi connectivity index (χ0) is 50.8. The lowest BCUT2D eigenvalue weighted by Crippen LogP contribution is -2.54. The van der Waals surface area contributed by atoms with Gasteiger partial charge in [-0.1, -0.05) is 66.7 Å². The highest BCUT2D eigenvalue weighted by Crippen LogP contribution is 2.36. The molecule has 2 atom stereocenters. The zero-order valence-electron chi connectivity index (χ0n) is 39.9. The number of amides is 6. The topological polar surface area (TPSA) is 207 Å². The molecule has 2 aromatic heterocycles. The van der Waals surface area contributed by atoms with Gasteiger partial charge in [-0.3, -0.25) is 24.1 Å². The van der Waals surface area contributed by atoms with Gasteiger partial charge in [-0.05, 0) is 115 Å². The van der Waals surface area contributed by atoms with Crippen molar-refractivity contribution in [2.75, 3.05) is 30.7 Å². The number of aryl methyl sites for hydroxylation is 1. The number of aromatic nitrogens is 4. The molecule has 0 bridgehead atoms. The van der Waals surface area contributed by atoms with E-state index in [1.54, 1.807) is 53.4 Å². The molecular weight excluding hydrogens is 948 g/mol. The third kappa shape index (κ3) is 10.3. The quantitative estimate of drug-likeness (QED) is 0.0694. The Morgan fingerprint density at radius 1 is 0.877 bits per heavy atom. The van der Waals surface area contributed by atoms with E-state index < -0.39 is 18.0 Å². The number of likely N-dealkylation sites (tertiary alicyclic amines) is 2. The van der Waals surface area contributed by atoms with E-state index in [1.165, 1.54) is 16.1 Å². The van der Waals surface area contributed by atoms with Crippen molar-refractivity contribution >= 4 is 63.8 Å². The van der Waals surface area contributed by atoms with E-state index in [0.29, 0.717) is 69.0 Å². The maximum Gasteiger partial charge on any atom is 0.319 e. The standard InChI is InChI=1S/C55H51ClN10O7/c1-33-10-16-39(26-45(33)56)61-55(71)58-27-36-13-21-44-38(25-36)29-64(53(44)69)46-22-23-47(67)65(54(46)70)28-35-11-17-41(18-12-35)72-31-34(2)52(68)63-24-6-7-40(30-63)66-51-48(50(57)59-32-60-51)49(62-66)37-14-19-43(20-15-37)73-42-8-4-3-5-9-42/h3-5,8-21,25-26,32,40,46H,2,6-7,22-24,27-31H2,1H3,(H2,57,59,60)(H2,58,61,71). The number of ether oxygens (including phenoxy) is 2. The number of carbonyl (C=O) groups is 5. The summed E-state index contributed by atoms with van der Waals surface area (Å²) in [7, 11) is 0. The van der Waals surface area contributed by atoms with E-state index in [4.69, 9.17) is 31.9 Å². The highest BCUT2D eigenvalue weighted by molar-refractivity contribution is 6.31. The van der Waals surface area contributed by atoms with E-state index in [1.807, 2.05) is 78.3 Å². The van der Waals surface area contributed by atoms with Crippen LogP contribution in [0.15, 0.2) is 134 Å². The van der Waals surface area contributed by atoms with E-state index in [-0.39, 0.29) is 68.4 Å². The first-order valence-corrected chi connectivity index (χ1v) is 24.3. The van der Waals surface area contributed by atoms with Crippen LogP contribution in [-0.2, 0) is 34.0 Å². The summed E-state index contributed by atoms with van der Waals surface area (Å²) in [5, 5.41) is 11.8. The molecule has 7 aromatic rings. The Balaban J connectivity index is 0.722. The molecule has 2 fully saturated rings. The van der Waals surface area contributed by atoms with Crippen LogP contribution in [0.25, 0.3) is 22.3 Å². The SMILES string of the molecule is C=C(COc1ccc(CN2C(=O)CCC(N3Cc4cc(CNC(=O)Nc5ccc(C)c(Cl)c5)ccc4C3=O)C2=O)cc1)C(=O)N1CCCC(n2nc(-c3ccc(Oc4ccccc4)cc3)c3c(N)ncnc32)C1. The molecule has 0 aliphatic carbocycles. The van der Waals surface area contributed by atoms with Crippen LogP contribution in [0.3, 0.4) is 0 Å². The number of hydrogen-bond donors (Lipinski definition) is 3. The first-order chi connectivity index (χ1) is 35.4. The molecule has 6 amide bonds. The average molecular weight is 1000 g/mol. The second-order valence-corrected chi connectivity index (χ2v) is 18.7. The molecule has 17 nitrogen and oxygen atoms in total. The third-order valence-corrected chi connectivity index (χ3v) is 13.8. The minimum Gasteiger partial charge on any atom is -0.489 e. The molecule has 3 aliphatic heterocycles. The summed E-state index contributed by atoms with van der Waals surface area (Å²) in [6.07, 6.45) is 3.23. The Hall–Kier alpha value is -8.57. The minimum atomic E-state index is -0.818. The van der Waals surface area contributed by atoms with Gasteiger partial charge in [-0.2, -0.15) is 5.10 Å². The monoisotopic (exact) mass is 998 g/mol. The van der Waals surface area contributed by atoms with Crippen molar-refractivity contribution in [2.45, 2.75) is 64.3 Å². The zero-order valence-corrected chi connectivity index (χ0v) is 40.7. The summed E-state index contributed by atoms with van der Waals surface area (Å²) in [6.45, 7) is 7.21. The van der Waals surface area contributed by atoms with Gasteiger partial charge >= 0.3 is 6.03 Å². The molecule has 0 radical (unpaired) electrons. The van der Waals surface area contributed by atoms with Crippen molar-refractivity contribution in [1.82, 2.24) is 39.8 Å². The van der Waals surface area contributed by atoms with Gasteiger partial charge < -0.3 is 35.6 Å². The van der Waals surface area contributed by atoms with Gasteiger partial charge in [0.05, 0.1) is 18.0 Å². The van der Waals surface area contributed by atoms with Crippen LogP contribution in [0, 0.1) is 6.92 Å². The minimum absolute atomic E-state index is 0.0130. The number of nitrogen functional groups attached to an aromatic ring is 1. The third-order valence-electron chi connectivity index (χ3n) is 13.4. The fraction of sp³-hybridized carbons (Fsp3) is 0.236. The number of hydrogen-bond acceptors (Lipinski definition) is 11. The Bertz CT molecular complexity index is 3290. The van der Waals surface area contributed by atoms with Crippen molar-refractivity contribution in [2.24, 2.45) is 0 Å². The first-order valence-electron chi connectivity index (χ1n) is 24.0. The summed E-state index contributed by atoms with van der Waals surface area (Å²) < 4.78 is 13.9. The predicted octanol–water partition coefficient (Wildman–Crippen LogP) is 8.62. The second kappa shape index (κ2) is 20.6. The van der Waals surface area contributed by atoms with Gasteiger partial charge in [-0.15, -0.1) is 0 Å². The Morgan fingerprint density at radius 3 is 2.41 bits per heavy atom. The molecule has 0 spiro atoms. The average Bonchev–Trinajstić information content (AvgIpc) is 3.96. The maximum atomic E-state index is 13.9. The number of carbonyl (C=O) groups excluding carboxylic acids is 5. The Labute approximate surface area is 425 Å². The number of urea groups is 1. The normalized spacial score (nSPS) is 16.6. The van der Waals surface area contributed by atoms with E-state index in [9.17, 15) is 24.0 Å². The predicted molar refractivity (Wildman–Crippen MR) is 275 cm³/mol. The van der Waals surface area contributed by atoms with Crippen LogP contribution in [0.5, 0.6) is 17.2 Å². The van der Waals surface area contributed by atoms with Gasteiger partial charge in [0.15, 0.2) is 5.65 Å². The molecule has 5 aromatic carbocycles. The Morgan fingerprint density at radius 2 is 1.63 bits per heavy atom. The summed E-state index contributed by atoms with van der Waals surface area (Å²) >= 11 is 6.19. The molecule has 0 saturated carbocycles. The smallest absolute Gasteiger partial charge is 0.319 e. The lowest BCUT2D eigenvalue weighted by Gasteiger charge is -2.35. The molecule has 5 heterocycles. The van der Waals surface area contributed by atoms with E-state index >= 15 is 0 Å². The van der Waals surface area contributed by atoms with Crippen molar-refractivity contribution < 1.29 is 33.4 Å². The summed E-state index contributed by atoms with van der Waals surface area (Å²) in [6, 6.07) is 33.2. The van der Waals surface area contributed by atoms with Crippen LogP contribution < -0.4 is 25.8 Å². The molecule has 10 rings (SSSR count). The fourth-order valence-corrected chi connectivity index (χ4v) is 9.67. The second-order valence-electron chi connectivity index (χ2n) is 18.3. The van der Waals surface area contributed by atoms with Crippen molar-refractivity contribution in [3.63, 3.8) is 0 Å². The number of imide groups is 1. The molecule has 4 N–H and O–H groups in total. The van der Waals surface area contributed by atoms with E-state index in [2.05, 4.69) is 27.2 Å². The van der Waals surface area contributed by atoms with Gasteiger partial charge in [0, 0.05) is 60.0 Å².